The molecule has 198 valence electrons. The molecule has 2 rings (SSSR count). The highest BCUT2D eigenvalue weighted by molar-refractivity contribution is 6.34. The summed E-state index contributed by atoms with van der Waals surface area (Å²) in [6.45, 7) is 5.84. The lowest BCUT2D eigenvalue weighted by atomic mass is 10.1. The van der Waals surface area contributed by atoms with Gasteiger partial charge in [0.2, 0.25) is 0 Å². The Labute approximate surface area is 222 Å². The zero-order valence-electron chi connectivity index (χ0n) is 20.6. The second kappa shape index (κ2) is 16.3. The number of hydrogen-bond donors (Lipinski definition) is 1. The number of nitrogens with zero attached hydrogens (tertiary/aromatic N) is 1. The summed E-state index contributed by atoms with van der Waals surface area (Å²) in [4.78, 5) is 25.3. The molecule has 1 atom stereocenters. The largest absolute Gasteiger partial charge is 0.492 e. The molecule has 2 aromatic carbocycles. The maximum absolute atomic E-state index is 12.5. The Morgan fingerprint density at radius 2 is 1.61 bits per heavy atom. The van der Waals surface area contributed by atoms with Gasteiger partial charge >= 0.3 is 12.1 Å². The molecule has 1 N–H and O–H groups in total. The van der Waals surface area contributed by atoms with Crippen molar-refractivity contribution in [3.8, 4) is 5.75 Å². The van der Waals surface area contributed by atoms with Crippen LogP contribution in [0.1, 0.15) is 31.4 Å². The van der Waals surface area contributed by atoms with Crippen LogP contribution in [0, 0.1) is 0 Å². The van der Waals surface area contributed by atoms with E-state index in [1.165, 1.54) is 4.90 Å². The molecule has 0 aromatic heterocycles. The van der Waals surface area contributed by atoms with Gasteiger partial charge in [-0.3, -0.25) is 0 Å². The fourth-order valence-corrected chi connectivity index (χ4v) is 3.83. The first kappa shape index (κ1) is 29.7. The highest BCUT2D eigenvalue weighted by atomic mass is 35.5. The van der Waals surface area contributed by atoms with Gasteiger partial charge in [0.05, 0.1) is 26.4 Å². The lowest BCUT2D eigenvalue weighted by molar-refractivity contribution is -0.149. The van der Waals surface area contributed by atoms with Crippen molar-refractivity contribution < 1.29 is 33.6 Å². The molecule has 1 amide bonds. The van der Waals surface area contributed by atoms with Crippen LogP contribution in [0.25, 0.3) is 0 Å². The quantitative estimate of drug-likeness (QED) is 0.281. The predicted molar refractivity (Wildman–Crippen MR) is 138 cm³/mol. The lowest BCUT2D eigenvalue weighted by Gasteiger charge is -2.22. The van der Waals surface area contributed by atoms with Gasteiger partial charge in [-0.2, -0.15) is 0 Å². The van der Waals surface area contributed by atoms with Crippen molar-refractivity contribution in [3.05, 3.63) is 63.6 Å². The topological polar surface area (TPSA) is 94.5 Å². The van der Waals surface area contributed by atoms with E-state index < -0.39 is 18.2 Å². The van der Waals surface area contributed by atoms with Gasteiger partial charge in [-0.05, 0) is 54.8 Å². The standard InChI is InChI=1S/C26H33Cl2NO7/c1-3-11-36-26(32)29(9-12-33-18-20-14-21(27)17-22(28)15-20)10-13-35-23-7-5-19(6-8-23)16-24(25(30)31)34-4-2/h5-8,14-15,17,24H,3-4,9-13,16,18H2,1-2H3,(H,30,31). The van der Waals surface area contributed by atoms with Crippen molar-refractivity contribution >= 4 is 35.3 Å². The Kier molecular flexibility index (Phi) is 13.4. The fraction of sp³-hybridized carbons (Fsp3) is 0.462. The summed E-state index contributed by atoms with van der Waals surface area (Å²) in [5.41, 5.74) is 1.67. The van der Waals surface area contributed by atoms with Gasteiger partial charge in [0.1, 0.15) is 12.4 Å². The number of rotatable bonds is 16. The van der Waals surface area contributed by atoms with Crippen LogP contribution >= 0.6 is 23.2 Å². The summed E-state index contributed by atoms with van der Waals surface area (Å²) in [6.07, 6.45) is -0.328. The summed E-state index contributed by atoms with van der Waals surface area (Å²) in [5.74, 6) is -0.384. The molecular formula is C26H33Cl2NO7. The molecule has 0 spiro atoms. The van der Waals surface area contributed by atoms with Gasteiger partial charge in [0.15, 0.2) is 6.10 Å². The number of carboxylic acids is 1. The third-order valence-corrected chi connectivity index (χ3v) is 5.44. The molecule has 36 heavy (non-hydrogen) atoms. The number of benzene rings is 2. The SMILES string of the molecule is CCCOC(=O)N(CCOCc1cc(Cl)cc(Cl)c1)CCOc1ccc(CC(OCC)C(=O)O)cc1. The third-order valence-electron chi connectivity index (χ3n) is 5.00. The normalized spacial score (nSPS) is 11.7. The van der Waals surface area contributed by atoms with E-state index in [0.717, 1.165) is 17.5 Å². The van der Waals surface area contributed by atoms with Crippen LogP contribution in [-0.2, 0) is 32.0 Å². The third kappa shape index (κ3) is 11.0. The van der Waals surface area contributed by atoms with Crippen molar-refractivity contribution in [2.24, 2.45) is 0 Å². The molecule has 1 unspecified atom stereocenters. The average Bonchev–Trinajstić information content (AvgIpc) is 2.84. The fourth-order valence-electron chi connectivity index (χ4n) is 3.26. The molecule has 0 aliphatic heterocycles. The monoisotopic (exact) mass is 541 g/mol. The Morgan fingerprint density at radius 3 is 2.22 bits per heavy atom. The maximum Gasteiger partial charge on any atom is 0.409 e. The molecular weight excluding hydrogens is 509 g/mol. The highest BCUT2D eigenvalue weighted by Gasteiger charge is 2.18. The van der Waals surface area contributed by atoms with Crippen molar-refractivity contribution in [3.63, 3.8) is 0 Å². The second-order valence-corrected chi connectivity index (χ2v) is 8.78. The lowest BCUT2D eigenvalue weighted by Crippen LogP contribution is -2.37. The minimum atomic E-state index is -0.993. The van der Waals surface area contributed by atoms with Gasteiger partial charge in [-0.1, -0.05) is 42.3 Å². The zero-order valence-corrected chi connectivity index (χ0v) is 22.1. The van der Waals surface area contributed by atoms with Crippen LogP contribution in [0.2, 0.25) is 10.0 Å². The number of amides is 1. The van der Waals surface area contributed by atoms with Crippen molar-refractivity contribution in [2.45, 2.75) is 39.4 Å². The number of carbonyl (C=O) groups excluding carboxylic acids is 1. The van der Waals surface area contributed by atoms with Crippen LogP contribution in [0.3, 0.4) is 0 Å². The molecule has 0 aliphatic rings. The number of ether oxygens (including phenoxy) is 4. The van der Waals surface area contributed by atoms with Crippen LogP contribution in [-0.4, -0.2) is 67.7 Å². The molecule has 0 aliphatic carbocycles. The van der Waals surface area contributed by atoms with E-state index in [0.29, 0.717) is 55.3 Å². The van der Waals surface area contributed by atoms with Crippen molar-refractivity contribution in [1.82, 2.24) is 4.90 Å². The Hall–Kier alpha value is -2.52. The van der Waals surface area contributed by atoms with E-state index in [-0.39, 0.29) is 13.0 Å². The molecule has 10 heteroatoms. The van der Waals surface area contributed by atoms with Crippen LogP contribution in [0.4, 0.5) is 4.79 Å². The summed E-state index contributed by atoms with van der Waals surface area (Å²) < 4.78 is 22.0. The molecule has 0 bridgehead atoms. The van der Waals surface area contributed by atoms with Gasteiger partial charge in [0.25, 0.3) is 0 Å². The molecule has 8 nitrogen and oxygen atoms in total. The van der Waals surface area contributed by atoms with E-state index in [1.54, 1.807) is 49.4 Å². The van der Waals surface area contributed by atoms with Gasteiger partial charge < -0.3 is 29.0 Å². The molecule has 0 fully saturated rings. The maximum atomic E-state index is 12.5. The second-order valence-electron chi connectivity index (χ2n) is 7.91. The van der Waals surface area contributed by atoms with Gasteiger partial charge in [-0.15, -0.1) is 0 Å². The highest BCUT2D eigenvalue weighted by Crippen LogP contribution is 2.19. The minimum absolute atomic E-state index is 0.251. The molecule has 0 heterocycles. The predicted octanol–water partition coefficient (Wildman–Crippen LogP) is 5.47. The molecule has 0 saturated heterocycles. The van der Waals surface area contributed by atoms with E-state index in [9.17, 15) is 14.7 Å². The molecule has 0 saturated carbocycles. The first-order chi connectivity index (χ1) is 17.3. The first-order valence-electron chi connectivity index (χ1n) is 11.8. The molecule has 2 aromatic rings. The smallest absolute Gasteiger partial charge is 0.409 e. The summed E-state index contributed by atoms with van der Waals surface area (Å²) in [7, 11) is 0. The van der Waals surface area contributed by atoms with Gasteiger partial charge in [0, 0.05) is 29.6 Å². The number of carboxylic acid groups (broad SMARTS) is 1. The summed E-state index contributed by atoms with van der Waals surface area (Å²) in [6, 6.07) is 12.3. The molecule has 0 radical (unpaired) electrons. The minimum Gasteiger partial charge on any atom is -0.492 e. The van der Waals surface area contributed by atoms with Gasteiger partial charge in [-0.25, -0.2) is 9.59 Å². The summed E-state index contributed by atoms with van der Waals surface area (Å²) >= 11 is 12.0. The zero-order chi connectivity index (χ0) is 26.3. The Morgan fingerprint density at radius 1 is 0.944 bits per heavy atom. The van der Waals surface area contributed by atoms with E-state index in [1.807, 2.05) is 6.92 Å². The van der Waals surface area contributed by atoms with Crippen LogP contribution < -0.4 is 4.74 Å². The first-order valence-corrected chi connectivity index (χ1v) is 12.6. The Bertz CT molecular complexity index is 936. The summed E-state index contributed by atoms with van der Waals surface area (Å²) in [5, 5.41) is 10.3. The Balaban J connectivity index is 1.84. The van der Waals surface area contributed by atoms with E-state index >= 15 is 0 Å². The average molecular weight is 542 g/mol. The van der Waals surface area contributed by atoms with Crippen LogP contribution in [0.15, 0.2) is 42.5 Å². The van der Waals surface area contributed by atoms with Crippen molar-refractivity contribution in [2.75, 3.05) is 39.5 Å². The van der Waals surface area contributed by atoms with Crippen molar-refractivity contribution in [1.29, 1.82) is 0 Å². The number of halogens is 2. The number of carbonyl (C=O) groups is 2. The number of hydrogen-bond acceptors (Lipinski definition) is 6. The van der Waals surface area contributed by atoms with Crippen LogP contribution in [0.5, 0.6) is 5.75 Å². The number of aliphatic carboxylic acids is 1. The van der Waals surface area contributed by atoms with E-state index in [4.69, 9.17) is 42.1 Å². The van der Waals surface area contributed by atoms with E-state index in [2.05, 4.69) is 0 Å².